The van der Waals surface area contributed by atoms with E-state index < -0.39 is 0 Å². The number of unbranched alkanes of at least 4 members (excludes halogenated alkanes) is 15. The summed E-state index contributed by atoms with van der Waals surface area (Å²) in [7, 11) is 0. The Morgan fingerprint density at radius 1 is 0.625 bits per heavy atom. The number of ether oxygens (including phenoxy) is 1. The van der Waals surface area contributed by atoms with E-state index in [1.807, 2.05) is 0 Å². The molecule has 0 aromatic heterocycles. The molecule has 2 N–H and O–H groups in total. The van der Waals surface area contributed by atoms with Crippen molar-refractivity contribution in [1.82, 2.24) is 0 Å². The van der Waals surface area contributed by atoms with Crippen molar-refractivity contribution >= 4 is 21.9 Å². The Morgan fingerprint density at radius 3 is 1.29 bits per heavy atom. The number of hydrogen-bond acceptors (Lipinski definition) is 3. The molecule has 0 aromatic carbocycles. The first-order valence-corrected chi connectivity index (χ1v) is 11.3. The molecule has 0 aromatic rings. The van der Waals surface area contributed by atoms with Crippen molar-refractivity contribution in [1.29, 1.82) is 0 Å². The van der Waals surface area contributed by atoms with E-state index in [9.17, 15) is 4.79 Å². The van der Waals surface area contributed by atoms with Crippen LogP contribution in [0.2, 0.25) is 0 Å². The van der Waals surface area contributed by atoms with Gasteiger partial charge in [0.15, 0.2) is 0 Å². The molecular weight excluding hydrogens is 366 g/mol. The van der Waals surface area contributed by atoms with Gasteiger partial charge in [0, 0.05) is 5.33 Å². The van der Waals surface area contributed by atoms with Crippen molar-refractivity contribution in [2.24, 2.45) is 5.73 Å². The molecule has 0 rings (SSSR count). The molecule has 0 aliphatic carbocycles. The van der Waals surface area contributed by atoms with Crippen molar-refractivity contribution in [2.75, 3.05) is 18.5 Å². The van der Waals surface area contributed by atoms with Crippen LogP contribution >= 0.6 is 15.9 Å². The van der Waals surface area contributed by atoms with Crippen LogP contribution in [0, 0.1) is 0 Å². The molecule has 24 heavy (non-hydrogen) atoms. The minimum absolute atomic E-state index is 0.00258. The smallest absolute Gasteiger partial charge is 0.319 e. The largest absolute Gasteiger partial charge is 0.465 e. The molecule has 3 nitrogen and oxygen atoms in total. The maximum absolute atomic E-state index is 10.8. The van der Waals surface area contributed by atoms with Gasteiger partial charge in [-0.15, -0.1) is 0 Å². The van der Waals surface area contributed by atoms with Gasteiger partial charge >= 0.3 is 5.97 Å². The zero-order chi connectivity index (χ0) is 17.7. The Bertz CT molecular complexity index is 262. The second-order valence-corrected chi connectivity index (χ2v) is 7.56. The highest BCUT2D eigenvalue weighted by molar-refractivity contribution is 9.09. The molecule has 0 aliphatic rings. The molecule has 0 radical (unpaired) electrons. The number of nitrogens with two attached hydrogens (primary N) is 1. The predicted octanol–water partition coefficient (Wildman–Crippen LogP) is 6.12. The fraction of sp³-hybridized carbons (Fsp3) is 0.950. The maximum Gasteiger partial charge on any atom is 0.319 e. The topological polar surface area (TPSA) is 52.3 Å². The monoisotopic (exact) mass is 405 g/mol. The Morgan fingerprint density at radius 2 is 0.958 bits per heavy atom. The second-order valence-electron chi connectivity index (χ2n) is 6.77. The first-order chi connectivity index (χ1) is 11.8. The van der Waals surface area contributed by atoms with E-state index in [1.54, 1.807) is 0 Å². The highest BCUT2D eigenvalue weighted by Gasteiger charge is 1.98. The van der Waals surface area contributed by atoms with Gasteiger partial charge in [-0.25, -0.2) is 0 Å². The fourth-order valence-corrected chi connectivity index (χ4v) is 3.31. The molecule has 0 saturated heterocycles. The Kier molecular flexibility index (Phi) is 20.9. The number of carbonyl (C=O) groups excluding carboxylic acids is 1. The Labute approximate surface area is 158 Å². The number of esters is 1. The number of carbonyl (C=O) groups is 1. The van der Waals surface area contributed by atoms with Crippen molar-refractivity contribution in [3.8, 4) is 0 Å². The Balaban J connectivity index is 2.99. The zero-order valence-electron chi connectivity index (χ0n) is 15.7. The third-order valence-corrected chi connectivity index (χ3v) is 5.02. The molecule has 0 amide bonds. The number of halogens is 1. The van der Waals surface area contributed by atoms with Gasteiger partial charge in [0.05, 0.1) is 13.2 Å². The van der Waals surface area contributed by atoms with Crippen LogP contribution < -0.4 is 5.73 Å². The summed E-state index contributed by atoms with van der Waals surface area (Å²) >= 11 is 3.48. The van der Waals surface area contributed by atoms with E-state index in [1.165, 1.54) is 89.9 Å². The summed E-state index contributed by atoms with van der Waals surface area (Å²) in [5.41, 5.74) is 5.17. The van der Waals surface area contributed by atoms with Gasteiger partial charge in [0.2, 0.25) is 0 Å². The molecule has 144 valence electrons. The molecule has 0 spiro atoms. The van der Waals surface area contributed by atoms with Crippen molar-refractivity contribution in [2.45, 2.75) is 103 Å². The summed E-state index contributed by atoms with van der Waals surface area (Å²) < 4.78 is 4.95. The van der Waals surface area contributed by atoms with Gasteiger partial charge < -0.3 is 10.5 Å². The van der Waals surface area contributed by atoms with E-state index in [4.69, 9.17) is 10.5 Å². The normalized spacial score (nSPS) is 10.9. The van der Waals surface area contributed by atoms with Crippen LogP contribution in [0.5, 0.6) is 0 Å². The number of hydrogen-bond donors (Lipinski definition) is 1. The summed E-state index contributed by atoms with van der Waals surface area (Å²) in [6.45, 7) is 0.532. The summed E-state index contributed by atoms with van der Waals surface area (Å²) in [6.07, 6.45) is 21.6. The first kappa shape index (κ1) is 23.9. The van der Waals surface area contributed by atoms with Gasteiger partial charge in [-0.05, 0) is 12.8 Å². The predicted molar refractivity (Wildman–Crippen MR) is 108 cm³/mol. The summed E-state index contributed by atoms with van der Waals surface area (Å²) in [4.78, 5) is 10.8. The van der Waals surface area contributed by atoms with E-state index in [0.717, 1.165) is 18.2 Å². The van der Waals surface area contributed by atoms with Crippen molar-refractivity contribution < 1.29 is 9.53 Å². The zero-order valence-corrected chi connectivity index (χ0v) is 17.3. The summed E-state index contributed by atoms with van der Waals surface area (Å²) in [5, 5.41) is 1.16. The summed E-state index contributed by atoms with van der Waals surface area (Å²) in [5.74, 6) is -0.287. The number of rotatable bonds is 19. The fourth-order valence-electron chi connectivity index (χ4n) is 2.92. The average molecular weight is 406 g/mol. The van der Waals surface area contributed by atoms with Crippen LogP contribution in [0.25, 0.3) is 0 Å². The van der Waals surface area contributed by atoms with Crippen LogP contribution in [0.4, 0.5) is 0 Å². The Hall–Kier alpha value is -0.0900. The van der Waals surface area contributed by atoms with Crippen LogP contribution in [0.1, 0.15) is 103 Å². The highest BCUT2D eigenvalue weighted by atomic mass is 79.9. The molecule has 4 heteroatoms. The molecule has 0 saturated carbocycles. The molecule has 0 bridgehead atoms. The molecule has 0 atom stereocenters. The third-order valence-electron chi connectivity index (χ3n) is 4.46. The lowest BCUT2D eigenvalue weighted by Gasteiger charge is -2.04. The average Bonchev–Trinajstić information content (AvgIpc) is 2.60. The maximum atomic E-state index is 10.8. The highest BCUT2D eigenvalue weighted by Crippen LogP contribution is 2.13. The first-order valence-electron chi connectivity index (χ1n) is 10.2. The molecule has 0 unspecified atom stereocenters. The quantitative estimate of drug-likeness (QED) is 0.160. The molecule has 0 aliphatic heterocycles. The molecule has 0 heterocycles. The summed E-state index contributed by atoms with van der Waals surface area (Å²) in [6, 6.07) is 0. The van der Waals surface area contributed by atoms with Crippen molar-refractivity contribution in [3.05, 3.63) is 0 Å². The van der Waals surface area contributed by atoms with Crippen LogP contribution in [0.3, 0.4) is 0 Å². The van der Waals surface area contributed by atoms with Gasteiger partial charge in [-0.1, -0.05) is 106 Å². The lowest BCUT2D eigenvalue weighted by atomic mass is 10.0. The minimum atomic E-state index is -0.287. The van der Waals surface area contributed by atoms with Gasteiger partial charge in [0.25, 0.3) is 0 Å². The van der Waals surface area contributed by atoms with Gasteiger partial charge in [-0.2, -0.15) is 0 Å². The van der Waals surface area contributed by atoms with E-state index in [2.05, 4.69) is 15.9 Å². The molecular formula is C20H40BrNO2. The SMILES string of the molecule is NCC(=O)OCCCCCCCCCCCCCCCCCCBr. The second kappa shape index (κ2) is 21.0. The lowest BCUT2D eigenvalue weighted by Crippen LogP contribution is -2.17. The van der Waals surface area contributed by atoms with Crippen LogP contribution in [-0.4, -0.2) is 24.5 Å². The van der Waals surface area contributed by atoms with Crippen LogP contribution in [-0.2, 0) is 9.53 Å². The third kappa shape index (κ3) is 20.0. The van der Waals surface area contributed by atoms with E-state index in [-0.39, 0.29) is 12.5 Å². The lowest BCUT2D eigenvalue weighted by molar-refractivity contribution is -0.142. The van der Waals surface area contributed by atoms with E-state index >= 15 is 0 Å². The van der Waals surface area contributed by atoms with Gasteiger partial charge in [-0.3, -0.25) is 4.79 Å². The number of alkyl halides is 1. The standard InChI is InChI=1S/C20H40BrNO2/c21-17-15-13-11-9-7-5-3-1-2-4-6-8-10-12-14-16-18-24-20(23)19-22/h1-19,22H2. The molecule has 0 fully saturated rings. The van der Waals surface area contributed by atoms with Gasteiger partial charge in [0.1, 0.15) is 0 Å². The van der Waals surface area contributed by atoms with Crippen LogP contribution in [0.15, 0.2) is 0 Å². The van der Waals surface area contributed by atoms with E-state index in [0.29, 0.717) is 6.61 Å². The minimum Gasteiger partial charge on any atom is -0.465 e. The van der Waals surface area contributed by atoms with Crippen molar-refractivity contribution in [3.63, 3.8) is 0 Å².